The van der Waals surface area contributed by atoms with E-state index in [0.29, 0.717) is 15.9 Å². The van der Waals surface area contributed by atoms with Crippen LogP contribution in [0.1, 0.15) is 0 Å². The van der Waals surface area contributed by atoms with Crippen LogP contribution >= 0.6 is 39.1 Å². The highest BCUT2D eigenvalue weighted by Gasteiger charge is 2.06. The van der Waals surface area contributed by atoms with E-state index in [1.54, 1.807) is 12.1 Å². The first-order valence-electron chi connectivity index (χ1n) is 4.81. The number of nitrogen functional groups attached to an aromatic ring is 1. The molecule has 8 heteroatoms. The molecule has 2 aromatic rings. The number of hydrogen-bond acceptors (Lipinski definition) is 5. The van der Waals surface area contributed by atoms with Gasteiger partial charge in [-0.15, -0.1) is 0 Å². The molecular weight excluding hydrogens is 341 g/mol. The minimum Gasteiger partial charge on any atom is -0.339 e. The predicted octanol–water partition coefficient (Wildman–Crippen LogP) is 3.58. The first-order valence-corrected chi connectivity index (χ1v) is 6.36. The van der Waals surface area contributed by atoms with Gasteiger partial charge in [-0.1, -0.05) is 23.2 Å². The molecule has 18 heavy (non-hydrogen) atoms. The third kappa shape index (κ3) is 3.02. The van der Waals surface area contributed by atoms with Crippen LogP contribution in [0.15, 0.2) is 28.9 Å². The van der Waals surface area contributed by atoms with Crippen molar-refractivity contribution >= 4 is 56.6 Å². The Hall–Kier alpha value is -1.08. The number of nitrogens with two attached hydrogens (primary N) is 1. The van der Waals surface area contributed by atoms with Crippen molar-refractivity contribution in [2.24, 2.45) is 5.84 Å². The lowest BCUT2D eigenvalue weighted by atomic mass is 10.3. The maximum absolute atomic E-state index is 5.98. The Morgan fingerprint density at radius 2 is 2.00 bits per heavy atom. The van der Waals surface area contributed by atoms with Crippen LogP contribution in [0.4, 0.5) is 17.5 Å². The highest BCUT2D eigenvalue weighted by atomic mass is 79.9. The molecule has 0 aliphatic carbocycles. The summed E-state index contributed by atoms with van der Waals surface area (Å²) < 4.78 is 0.775. The molecule has 0 spiro atoms. The van der Waals surface area contributed by atoms with Gasteiger partial charge >= 0.3 is 0 Å². The maximum atomic E-state index is 5.98. The van der Waals surface area contributed by atoms with Crippen LogP contribution in [-0.2, 0) is 0 Å². The molecule has 1 heterocycles. The fraction of sp³-hybridized carbons (Fsp3) is 0. The van der Waals surface area contributed by atoms with Crippen LogP contribution in [0, 0.1) is 0 Å². The van der Waals surface area contributed by atoms with Crippen molar-refractivity contribution in [2.75, 3.05) is 10.7 Å². The molecule has 0 bridgehead atoms. The Morgan fingerprint density at radius 3 is 2.67 bits per heavy atom. The van der Waals surface area contributed by atoms with Gasteiger partial charge in [0.05, 0.1) is 11.2 Å². The van der Waals surface area contributed by atoms with E-state index in [9.17, 15) is 0 Å². The lowest BCUT2D eigenvalue weighted by molar-refractivity contribution is 1.12. The second kappa shape index (κ2) is 5.71. The van der Waals surface area contributed by atoms with Crippen LogP contribution in [0.25, 0.3) is 0 Å². The Balaban J connectivity index is 2.30. The van der Waals surface area contributed by atoms with E-state index in [2.05, 4.69) is 36.6 Å². The van der Waals surface area contributed by atoms with Gasteiger partial charge in [-0.3, -0.25) is 5.43 Å². The average Bonchev–Trinajstić information content (AvgIpc) is 2.36. The summed E-state index contributed by atoms with van der Waals surface area (Å²) in [5.41, 5.74) is 3.14. The van der Waals surface area contributed by atoms with Gasteiger partial charge in [-0.2, -0.15) is 4.98 Å². The fourth-order valence-corrected chi connectivity index (χ4v) is 1.87. The Bertz CT molecular complexity index is 578. The lowest BCUT2D eigenvalue weighted by Crippen LogP contribution is -2.11. The van der Waals surface area contributed by atoms with Gasteiger partial charge < -0.3 is 5.32 Å². The summed E-state index contributed by atoms with van der Waals surface area (Å²) >= 11 is 15.2. The molecule has 0 unspecified atom stereocenters. The number of hydrogen-bond donors (Lipinski definition) is 3. The Labute approximate surface area is 122 Å². The van der Waals surface area contributed by atoms with Crippen LogP contribution in [0.3, 0.4) is 0 Å². The molecule has 1 aromatic carbocycles. The number of benzene rings is 1. The maximum Gasteiger partial charge on any atom is 0.239 e. The predicted molar refractivity (Wildman–Crippen MR) is 77.3 cm³/mol. The molecule has 1 aromatic heterocycles. The Kier molecular flexibility index (Phi) is 4.23. The molecule has 0 radical (unpaired) electrons. The van der Waals surface area contributed by atoms with Crippen molar-refractivity contribution in [2.45, 2.75) is 0 Å². The largest absolute Gasteiger partial charge is 0.339 e. The van der Waals surface area contributed by atoms with Crippen molar-refractivity contribution < 1.29 is 0 Å². The quantitative estimate of drug-likeness (QED) is 0.584. The van der Waals surface area contributed by atoms with Gasteiger partial charge in [-0.05, 0) is 34.1 Å². The molecule has 0 amide bonds. The summed E-state index contributed by atoms with van der Waals surface area (Å²) in [4.78, 5) is 7.98. The summed E-state index contributed by atoms with van der Waals surface area (Å²) in [5.74, 6) is 5.96. The molecule has 4 N–H and O–H groups in total. The van der Waals surface area contributed by atoms with Crippen LogP contribution in [0.5, 0.6) is 0 Å². The highest BCUT2D eigenvalue weighted by Crippen LogP contribution is 2.29. The van der Waals surface area contributed by atoms with E-state index in [4.69, 9.17) is 29.0 Å². The van der Waals surface area contributed by atoms with Crippen molar-refractivity contribution in [3.63, 3.8) is 0 Å². The molecule has 0 aliphatic rings. The number of anilines is 3. The molecule has 0 aliphatic heterocycles. The van der Waals surface area contributed by atoms with Crippen molar-refractivity contribution in [3.05, 3.63) is 38.9 Å². The molecule has 0 saturated carbocycles. The number of aromatic nitrogens is 2. The molecule has 0 saturated heterocycles. The van der Waals surface area contributed by atoms with Crippen molar-refractivity contribution in [1.29, 1.82) is 0 Å². The number of halogens is 3. The minimum atomic E-state index is 0.273. The topological polar surface area (TPSA) is 75.9 Å². The van der Waals surface area contributed by atoms with E-state index in [1.165, 1.54) is 6.20 Å². The first kappa shape index (κ1) is 13.4. The van der Waals surface area contributed by atoms with Crippen LogP contribution in [-0.4, -0.2) is 9.97 Å². The summed E-state index contributed by atoms with van der Waals surface area (Å²) in [6.45, 7) is 0. The lowest BCUT2D eigenvalue weighted by Gasteiger charge is -2.09. The Morgan fingerprint density at radius 1 is 1.22 bits per heavy atom. The number of nitrogens with one attached hydrogen (secondary N) is 2. The molecule has 0 fully saturated rings. The van der Waals surface area contributed by atoms with Crippen LogP contribution < -0.4 is 16.6 Å². The third-order valence-electron chi connectivity index (χ3n) is 2.06. The second-order valence-corrected chi connectivity index (χ2v) is 4.96. The van der Waals surface area contributed by atoms with E-state index < -0.39 is 0 Å². The molecule has 2 rings (SSSR count). The smallest absolute Gasteiger partial charge is 0.239 e. The van der Waals surface area contributed by atoms with Crippen LogP contribution in [0.2, 0.25) is 10.0 Å². The van der Waals surface area contributed by atoms with Gasteiger partial charge in [0.1, 0.15) is 5.02 Å². The zero-order chi connectivity index (χ0) is 13.1. The zero-order valence-electron chi connectivity index (χ0n) is 8.92. The first-order chi connectivity index (χ1) is 8.60. The minimum absolute atomic E-state index is 0.273. The van der Waals surface area contributed by atoms with E-state index in [0.717, 1.165) is 10.2 Å². The molecular formula is C10H8BrCl2N5. The zero-order valence-corrected chi connectivity index (χ0v) is 12.0. The van der Waals surface area contributed by atoms with Gasteiger partial charge in [0.2, 0.25) is 5.95 Å². The van der Waals surface area contributed by atoms with E-state index in [-0.39, 0.29) is 5.95 Å². The summed E-state index contributed by atoms with van der Waals surface area (Å²) in [5, 5.41) is 4.06. The van der Waals surface area contributed by atoms with Gasteiger partial charge in [0.25, 0.3) is 0 Å². The van der Waals surface area contributed by atoms with Gasteiger partial charge in [-0.25, -0.2) is 10.8 Å². The van der Waals surface area contributed by atoms with E-state index in [1.807, 2.05) is 6.07 Å². The standard InChI is InChI=1S/C10H8BrCl2N5/c11-6-3-5(1-2-7(6)12)16-9-8(13)4-15-10(17-9)18-14/h1-4H,14H2,(H2,15,16,17,18). The summed E-state index contributed by atoms with van der Waals surface area (Å²) in [6, 6.07) is 5.38. The molecule has 0 atom stereocenters. The van der Waals surface area contributed by atoms with Gasteiger partial charge in [0.15, 0.2) is 5.82 Å². The monoisotopic (exact) mass is 347 g/mol. The van der Waals surface area contributed by atoms with E-state index >= 15 is 0 Å². The van der Waals surface area contributed by atoms with Crippen molar-refractivity contribution in [3.8, 4) is 0 Å². The highest BCUT2D eigenvalue weighted by molar-refractivity contribution is 9.10. The van der Waals surface area contributed by atoms with Crippen molar-refractivity contribution in [1.82, 2.24) is 9.97 Å². The molecule has 5 nitrogen and oxygen atoms in total. The summed E-state index contributed by atoms with van der Waals surface area (Å²) in [6.07, 6.45) is 1.46. The average molecular weight is 349 g/mol. The second-order valence-electron chi connectivity index (χ2n) is 3.29. The number of nitrogens with zero attached hydrogens (tertiary/aromatic N) is 2. The number of hydrazine groups is 1. The SMILES string of the molecule is NNc1ncc(Cl)c(Nc2ccc(Cl)c(Br)c2)n1. The van der Waals surface area contributed by atoms with Gasteiger partial charge in [0, 0.05) is 10.2 Å². The number of rotatable bonds is 3. The normalized spacial score (nSPS) is 10.2. The third-order valence-corrected chi connectivity index (χ3v) is 3.55. The fourth-order valence-electron chi connectivity index (χ4n) is 1.23. The molecule has 94 valence electrons. The summed E-state index contributed by atoms with van der Waals surface area (Å²) in [7, 11) is 0.